The number of methoxy groups -OCH3 is 2. The van der Waals surface area contributed by atoms with Crippen LogP contribution < -0.4 is 5.32 Å². The van der Waals surface area contributed by atoms with Gasteiger partial charge in [0, 0.05) is 12.1 Å². The van der Waals surface area contributed by atoms with Crippen LogP contribution in [0.2, 0.25) is 0 Å². The number of nitro benzene ring substituents is 1. The number of alkyl carbamates (subject to hydrolysis) is 1. The van der Waals surface area contributed by atoms with E-state index < -0.39 is 35.4 Å². The Labute approximate surface area is 136 Å². The smallest absolute Gasteiger partial charge is 0.408 e. The largest absolute Gasteiger partial charge is 0.469 e. The van der Waals surface area contributed by atoms with Gasteiger partial charge < -0.3 is 19.5 Å². The highest BCUT2D eigenvalue weighted by Crippen LogP contribution is 2.12. The van der Waals surface area contributed by atoms with Gasteiger partial charge in [0.25, 0.3) is 5.69 Å². The molecule has 1 rings (SSSR count). The Hall–Kier alpha value is -3.17. The van der Waals surface area contributed by atoms with Crippen LogP contribution in [0.1, 0.15) is 12.0 Å². The zero-order chi connectivity index (χ0) is 18.1. The summed E-state index contributed by atoms with van der Waals surface area (Å²) in [5.74, 6) is -1.53. The quantitative estimate of drug-likeness (QED) is 0.335. The van der Waals surface area contributed by atoms with Gasteiger partial charge >= 0.3 is 18.0 Å². The molecule has 0 unspecified atom stereocenters. The van der Waals surface area contributed by atoms with Crippen LogP contribution in [-0.2, 0) is 30.4 Å². The molecule has 0 spiro atoms. The predicted molar refractivity (Wildman–Crippen MR) is 78.9 cm³/mol. The van der Waals surface area contributed by atoms with Crippen molar-refractivity contribution in [3.8, 4) is 0 Å². The molecule has 24 heavy (non-hydrogen) atoms. The van der Waals surface area contributed by atoms with Gasteiger partial charge in [0.15, 0.2) is 0 Å². The first-order valence-corrected chi connectivity index (χ1v) is 6.68. The van der Waals surface area contributed by atoms with Gasteiger partial charge in [0.1, 0.15) is 12.6 Å². The second-order valence-corrected chi connectivity index (χ2v) is 4.50. The first kappa shape index (κ1) is 18.9. The van der Waals surface area contributed by atoms with E-state index in [0.29, 0.717) is 5.56 Å². The average Bonchev–Trinajstić information content (AvgIpc) is 2.58. The molecule has 1 aromatic carbocycles. The van der Waals surface area contributed by atoms with Crippen molar-refractivity contribution in [2.75, 3.05) is 14.2 Å². The van der Waals surface area contributed by atoms with E-state index in [0.717, 1.165) is 14.2 Å². The fourth-order valence-electron chi connectivity index (χ4n) is 1.63. The molecule has 130 valence electrons. The van der Waals surface area contributed by atoms with Crippen LogP contribution in [-0.4, -0.2) is 43.2 Å². The number of carbonyl (C=O) groups excluding carboxylic acids is 3. The molecule has 0 radical (unpaired) electrons. The predicted octanol–water partition coefficient (Wildman–Crippen LogP) is 0.926. The van der Waals surface area contributed by atoms with Gasteiger partial charge in [-0.05, 0) is 17.7 Å². The van der Waals surface area contributed by atoms with Crippen molar-refractivity contribution in [2.24, 2.45) is 0 Å². The van der Waals surface area contributed by atoms with Gasteiger partial charge in [-0.25, -0.2) is 9.59 Å². The minimum Gasteiger partial charge on any atom is -0.469 e. The molecule has 0 saturated heterocycles. The third kappa shape index (κ3) is 5.91. The SMILES string of the molecule is COC(=O)C[C@H](NC(=O)OCc1ccc([N+](=O)[O-])cc1)C(=O)OC. The van der Waals surface area contributed by atoms with Gasteiger partial charge in [-0.15, -0.1) is 0 Å². The van der Waals surface area contributed by atoms with E-state index in [2.05, 4.69) is 14.8 Å². The molecular weight excluding hydrogens is 324 g/mol. The maximum atomic E-state index is 11.7. The maximum absolute atomic E-state index is 11.7. The summed E-state index contributed by atoms with van der Waals surface area (Å²) < 4.78 is 13.8. The maximum Gasteiger partial charge on any atom is 0.408 e. The minimum absolute atomic E-state index is 0.0907. The molecule has 0 bridgehead atoms. The van der Waals surface area contributed by atoms with E-state index in [1.54, 1.807) is 0 Å². The topological polar surface area (TPSA) is 134 Å². The van der Waals surface area contributed by atoms with Crippen LogP contribution in [0.15, 0.2) is 24.3 Å². The van der Waals surface area contributed by atoms with Crippen molar-refractivity contribution in [1.29, 1.82) is 0 Å². The van der Waals surface area contributed by atoms with E-state index in [4.69, 9.17) is 4.74 Å². The Morgan fingerprint density at radius 3 is 2.29 bits per heavy atom. The zero-order valence-corrected chi connectivity index (χ0v) is 13.0. The Balaban J connectivity index is 2.57. The van der Waals surface area contributed by atoms with Crippen molar-refractivity contribution in [3.63, 3.8) is 0 Å². The number of amides is 1. The number of ether oxygens (including phenoxy) is 3. The van der Waals surface area contributed by atoms with Crippen LogP contribution in [0, 0.1) is 10.1 Å². The molecule has 0 aliphatic rings. The molecule has 0 heterocycles. The third-order valence-corrected chi connectivity index (χ3v) is 2.89. The first-order valence-electron chi connectivity index (χ1n) is 6.68. The lowest BCUT2D eigenvalue weighted by Crippen LogP contribution is -2.43. The summed E-state index contributed by atoms with van der Waals surface area (Å²) in [4.78, 5) is 44.4. The minimum atomic E-state index is -1.24. The summed E-state index contributed by atoms with van der Waals surface area (Å²) in [7, 11) is 2.25. The zero-order valence-electron chi connectivity index (χ0n) is 13.0. The molecule has 10 heteroatoms. The van der Waals surface area contributed by atoms with Crippen molar-refractivity contribution in [2.45, 2.75) is 19.1 Å². The molecule has 0 saturated carbocycles. The first-order chi connectivity index (χ1) is 11.4. The third-order valence-electron chi connectivity index (χ3n) is 2.89. The number of esters is 2. The fourth-order valence-corrected chi connectivity index (χ4v) is 1.63. The lowest BCUT2D eigenvalue weighted by atomic mass is 10.2. The molecule has 0 aliphatic carbocycles. The van der Waals surface area contributed by atoms with Crippen molar-refractivity contribution in [1.82, 2.24) is 5.32 Å². The molecule has 10 nitrogen and oxygen atoms in total. The number of carbonyl (C=O) groups is 3. The lowest BCUT2D eigenvalue weighted by Gasteiger charge is -2.15. The number of rotatable bonds is 7. The summed E-state index contributed by atoms with van der Waals surface area (Å²) in [6, 6.07) is 4.15. The number of hydrogen-bond acceptors (Lipinski definition) is 8. The highest BCUT2D eigenvalue weighted by atomic mass is 16.6. The Bertz CT molecular complexity index is 614. The molecule has 0 fully saturated rings. The standard InChI is InChI=1S/C14H16N2O8/c1-22-12(17)7-11(13(18)23-2)15-14(19)24-8-9-3-5-10(6-4-9)16(20)21/h3-6,11H,7-8H2,1-2H3,(H,15,19)/t11-/m0/s1. The number of nitrogens with one attached hydrogen (secondary N) is 1. The molecule has 1 atom stereocenters. The molecule has 1 N–H and O–H groups in total. The number of nitrogens with zero attached hydrogens (tertiary/aromatic N) is 1. The molecule has 0 aromatic heterocycles. The molecule has 1 amide bonds. The van der Waals surface area contributed by atoms with Gasteiger partial charge in [-0.1, -0.05) is 0 Å². The summed E-state index contributed by atoms with van der Waals surface area (Å²) in [6.45, 7) is -0.171. The second-order valence-electron chi connectivity index (χ2n) is 4.50. The van der Waals surface area contributed by atoms with E-state index in [9.17, 15) is 24.5 Å². The number of non-ortho nitro benzene ring substituents is 1. The highest BCUT2D eigenvalue weighted by Gasteiger charge is 2.25. The van der Waals surface area contributed by atoms with E-state index in [1.165, 1.54) is 24.3 Å². The summed E-state index contributed by atoms with van der Waals surface area (Å²) >= 11 is 0. The van der Waals surface area contributed by atoms with Gasteiger partial charge in [0.2, 0.25) is 0 Å². The highest BCUT2D eigenvalue weighted by molar-refractivity contribution is 5.86. The Morgan fingerprint density at radius 1 is 1.17 bits per heavy atom. The van der Waals surface area contributed by atoms with Crippen LogP contribution in [0.5, 0.6) is 0 Å². The Kier molecular flexibility index (Phi) is 7.14. The second kappa shape index (κ2) is 9.08. The average molecular weight is 340 g/mol. The van der Waals surface area contributed by atoms with E-state index in [1.807, 2.05) is 0 Å². The van der Waals surface area contributed by atoms with Crippen molar-refractivity contribution < 1.29 is 33.5 Å². The number of benzene rings is 1. The number of hydrogen-bond donors (Lipinski definition) is 1. The van der Waals surface area contributed by atoms with Crippen LogP contribution >= 0.6 is 0 Å². The van der Waals surface area contributed by atoms with E-state index in [-0.39, 0.29) is 12.3 Å². The lowest BCUT2D eigenvalue weighted by molar-refractivity contribution is -0.384. The fraction of sp³-hybridized carbons (Fsp3) is 0.357. The number of nitro groups is 1. The van der Waals surface area contributed by atoms with Gasteiger partial charge in [-0.2, -0.15) is 0 Å². The van der Waals surface area contributed by atoms with Crippen LogP contribution in [0.4, 0.5) is 10.5 Å². The van der Waals surface area contributed by atoms with Crippen LogP contribution in [0.25, 0.3) is 0 Å². The van der Waals surface area contributed by atoms with Gasteiger partial charge in [-0.3, -0.25) is 14.9 Å². The summed E-state index contributed by atoms with van der Waals surface area (Å²) in [6.07, 6.45) is -1.36. The van der Waals surface area contributed by atoms with E-state index >= 15 is 0 Å². The van der Waals surface area contributed by atoms with Crippen molar-refractivity contribution >= 4 is 23.7 Å². The molecule has 0 aliphatic heterocycles. The normalized spacial score (nSPS) is 11.1. The Morgan fingerprint density at radius 2 is 1.79 bits per heavy atom. The molecule has 1 aromatic rings. The summed E-state index contributed by atoms with van der Waals surface area (Å²) in [5.41, 5.74) is 0.422. The van der Waals surface area contributed by atoms with Crippen LogP contribution in [0.3, 0.4) is 0 Å². The monoisotopic (exact) mass is 340 g/mol. The summed E-state index contributed by atoms with van der Waals surface area (Å²) in [5, 5.41) is 12.7. The van der Waals surface area contributed by atoms with Gasteiger partial charge in [0.05, 0.1) is 25.6 Å². The molecular formula is C14H16N2O8. The van der Waals surface area contributed by atoms with Crippen molar-refractivity contribution in [3.05, 3.63) is 39.9 Å².